The monoisotopic (exact) mass is 325 g/mol. The molecule has 114 valence electrons. The first-order valence-electron chi connectivity index (χ1n) is 6.69. The Bertz CT molecular complexity index is 598. The molecule has 0 fully saturated rings. The minimum Gasteiger partial charge on any atom is -0.387 e. The number of rotatable bonds is 6. The van der Waals surface area contributed by atoms with Crippen LogP contribution < -0.4 is 5.32 Å². The Balaban J connectivity index is 2.03. The lowest BCUT2D eigenvalue weighted by molar-refractivity contribution is 0.0460. The number of halogens is 1. The van der Waals surface area contributed by atoms with Crippen LogP contribution in [0.4, 0.5) is 5.13 Å². The molecule has 2 aromatic rings. The summed E-state index contributed by atoms with van der Waals surface area (Å²) in [6.45, 7) is 2.84. The van der Waals surface area contributed by atoms with E-state index in [0.29, 0.717) is 18.1 Å². The highest BCUT2D eigenvalue weighted by atomic mass is 35.5. The van der Waals surface area contributed by atoms with E-state index in [1.54, 1.807) is 0 Å². The molecule has 0 bridgehead atoms. The van der Waals surface area contributed by atoms with Crippen molar-refractivity contribution in [1.82, 2.24) is 9.88 Å². The highest BCUT2D eigenvalue weighted by molar-refractivity contribution is 7.14. The third kappa shape index (κ3) is 4.68. The third-order valence-electron chi connectivity index (χ3n) is 2.93. The minimum atomic E-state index is -0.806. The summed E-state index contributed by atoms with van der Waals surface area (Å²) in [6.07, 6.45) is 0. The number of hydrogen-bond donors (Lipinski definition) is 2. The average Bonchev–Trinajstić information content (AvgIpc) is 2.84. The standard InChI is InChI=1S/C15H20ClN3OS/c1-15(20,10-19(2)3)9-17-14-18-13(8-21-14)11-6-4-5-7-12(11)16/h4-8,20H,9-10H2,1-3H3,(H,17,18). The van der Waals surface area contributed by atoms with Crippen LogP contribution in [-0.2, 0) is 0 Å². The van der Waals surface area contributed by atoms with E-state index in [1.165, 1.54) is 11.3 Å². The maximum absolute atomic E-state index is 10.3. The van der Waals surface area contributed by atoms with Gasteiger partial charge >= 0.3 is 0 Å². The molecule has 0 saturated carbocycles. The van der Waals surface area contributed by atoms with Gasteiger partial charge in [-0.2, -0.15) is 0 Å². The van der Waals surface area contributed by atoms with Gasteiger partial charge in [0.15, 0.2) is 5.13 Å². The van der Waals surface area contributed by atoms with E-state index >= 15 is 0 Å². The molecule has 1 aromatic carbocycles. The summed E-state index contributed by atoms with van der Waals surface area (Å²) >= 11 is 7.68. The van der Waals surface area contributed by atoms with Gasteiger partial charge in [-0.3, -0.25) is 0 Å². The van der Waals surface area contributed by atoms with Crippen molar-refractivity contribution in [3.8, 4) is 11.3 Å². The van der Waals surface area contributed by atoms with Crippen molar-refractivity contribution < 1.29 is 5.11 Å². The van der Waals surface area contributed by atoms with Crippen LogP contribution in [0.1, 0.15) is 6.92 Å². The highest BCUT2D eigenvalue weighted by Gasteiger charge is 2.21. The van der Waals surface area contributed by atoms with Gasteiger partial charge in [-0.1, -0.05) is 29.8 Å². The largest absolute Gasteiger partial charge is 0.387 e. The molecule has 0 spiro atoms. The predicted molar refractivity (Wildman–Crippen MR) is 90.2 cm³/mol. The number of hydrogen-bond acceptors (Lipinski definition) is 5. The number of thiazole rings is 1. The van der Waals surface area contributed by atoms with E-state index in [1.807, 2.05) is 55.6 Å². The van der Waals surface area contributed by atoms with Crippen LogP contribution in [0, 0.1) is 0 Å². The van der Waals surface area contributed by atoms with Crippen LogP contribution in [0.15, 0.2) is 29.6 Å². The minimum absolute atomic E-state index is 0.445. The predicted octanol–water partition coefficient (Wildman–Crippen LogP) is 3.19. The van der Waals surface area contributed by atoms with Gasteiger partial charge in [0.05, 0.1) is 11.3 Å². The van der Waals surface area contributed by atoms with Crippen LogP contribution in [0.2, 0.25) is 5.02 Å². The van der Waals surface area contributed by atoms with E-state index in [9.17, 15) is 5.11 Å². The zero-order chi connectivity index (χ0) is 15.5. The molecule has 4 nitrogen and oxygen atoms in total. The highest BCUT2D eigenvalue weighted by Crippen LogP contribution is 2.30. The Kier molecular flexibility index (Phi) is 5.22. The first kappa shape index (κ1) is 16.2. The molecule has 6 heteroatoms. The summed E-state index contributed by atoms with van der Waals surface area (Å²) in [7, 11) is 3.88. The van der Waals surface area contributed by atoms with Crippen molar-refractivity contribution in [2.24, 2.45) is 0 Å². The van der Waals surface area contributed by atoms with Crippen molar-refractivity contribution in [3.05, 3.63) is 34.7 Å². The van der Waals surface area contributed by atoms with Crippen LogP contribution in [0.3, 0.4) is 0 Å². The lowest BCUT2D eigenvalue weighted by atomic mass is 10.1. The second kappa shape index (κ2) is 6.75. The molecule has 0 aliphatic rings. The molecule has 1 atom stereocenters. The van der Waals surface area contributed by atoms with E-state index in [2.05, 4.69) is 10.3 Å². The maximum atomic E-state index is 10.3. The zero-order valence-electron chi connectivity index (χ0n) is 12.4. The molecule has 21 heavy (non-hydrogen) atoms. The molecular weight excluding hydrogens is 306 g/mol. The van der Waals surface area contributed by atoms with Gasteiger partial charge in [-0.15, -0.1) is 11.3 Å². The number of nitrogens with zero attached hydrogens (tertiary/aromatic N) is 2. The lowest BCUT2D eigenvalue weighted by Gasteiger charge is -2.26. The van der Waals surface area contributed by atoms with Crippen LogP contribution in [0.5, 0.6) is 0 Å². The topological polar surface area (TPSA) is 48.4 Å². The van der Waals surface area contributed by atoms with Crippen molar-refractivity contribution >= 4 is 28.1 Å². The second-order valence-corrected chi connectivity index (χ2v) is 6.87. The van der Waals surface area contributed by atoms with E-state index in [0.717, 1.165) is 16.4 Å². The molecule has 0 aliphatic carbocycles. The Morgan fingerprint density at radius 2 is 2.10 bits per heavy atom. The SMILES string of the molecule is CN(C)CC(C)(O)CNc1nc(-c2ccccc2Cl)cs1. The number of nitrogens with one attached hydrogen (secondary N) is 1. The Morgan fingerprint density at radius 1 is 1.38 bits per heavy atom. The molecule has 0 radical (unpaired) electrons. The normalized spacial score (nSPS) is 14.2. The number of aliphatic hydroxyl groups is 1. The number of aromatic nitrogens is 1. The van der Waals surface area contributed by atoms with Crippen LogP contribution in [-0.4, -0.2) is 47.8 Å². The first-order valence-corrected chi connectivity index (χ1v) is 7.94. The van der Waals surface area contributed by atoms with Gasteiger partial charge in [0, 0.05) is 29.1 Å². The summed E-state index contributed by atoms with van der Waals surface area (Å²) in [6, 6.07) is 7.64. The fraction of sp³-hybridized carbons (Fsp3) is 0.400. The van der Waals surface area contributed by atoms with E-state index in [4.69, 9.17) is 11.6 Å². The molecule has 0 saturated heterocycles. The fourth-order valence-electron chi connectivity index (χ4n) is 2.15. The van der Waals surface area contributed by atoms with Crippen molar-refractivity contribution in [2.45, 2.75) is 12.5 Å². The first-order chi connectivity index (χ1) is 9.87. The van der Waals surface area contributed by atoms with Gasteiger partial charge in [0.25, 0.3) is 0 Å². The summed E-state index contributed by atoms with van der Waals surface area (Å²) in [5, 5.41) is 16.9. The molecule has 1 aromatic heterocycles. The maximum Gasteiger partial charge on any atom is 0.183 e. The van der Waals surface area contributed by atoms with Crippen molar-refractivity contribution in [2.75, 3.05) is 32.5 Å². The summed E-state index contributed by atoms with van der Waals surface area (Å²) in [5.74, 6) is 0. The summed E-state index contributed by atoms with van der Waals surface area (Å²) in [5.41, 5.74) is 0.962. The molecule has 1 heterocycles. The number of benzene rings is 1. The number of likely N-dealkylation sites (N-methyl/N-ethyl adjacent to an activating group) is 1. The molecular formula is C15H20ClN3OS. The van der Waals surface area contributed by atoms with Gasteiger partial charge in [-0.25, -0.2) is 4.98 Å². The molecule has 2 rings (SSSR count). The summed E-state index contributed by atoms with van der Waals surface area (Å²) < 4.78 is 0. The van der Waals surface area contributed by atoms with Crippen molar-refractivity contribution in [3.63, 3.8) is 0 Å². The van der Waals surface area contributed by atoms with Crippen LogP contribution in [0.25, 0.3) is 11.3 Å². The zero-order valence-corrected chi connectivity index (χ0v) is 14.0. The second-order valence-electron chi connectivity index (χ2n) is 5.61. The van der Waals surface area contributed by atoms with Crippen molar-refractivity contribution in [1.29, 1.82) is 0 Å². The van der Waals surface area contributed by atoms with Gasteiger partial charge in [-0.05, 0) is 27.1 Å². The Labute approximate surface area is 134 Å². The molecule has 1 unspecified atom stereocenters. The molecule has 0 aliphatic heterocycles. The Morgan fingerprint density at radius 3 is 2.76 bits per heavy atom. The molecule has 2 N–H and O–H groups in total. The summed E-state index contributed by atoms with van der Waals surface area (Å²) in [4.78, 5) is 6.48. The smallest absolute Gasteiger partial charge is 0.183 e. The quantitative estimate of drug-likeness (QED) is 0.856. The molecule has 0 amide bonds. The van der Waals surface area contributed by atoms with Gasteiger partial charge in [0.2, 0.25) is 0 Å². The lowest BCUT2D eigenvalue weighted by Crippen LogP contribution is -2.43. The van der Waals surface area contributed by atoms with E-state index in [-0.39, 0.29) is 0 Å². The average molecular weight is 326 g/mol. The van der Waals surface area contributed by atoms with Gasteiger partial charge < -0.3 is 15.3 Å². The van der Waals surface area contributed by atoms with Crippen LogP contribution >= 0.6 is 22.9 Å². The fourth-order valence-corrected chi connectivity index (χ4v) is 3.09. The third-order valence-corrected chi connectivity index (χ3v) is 4.06. The Hall–Kier alpha value is -1.14. The van der Waals surface area contributed by atoms with E-state index < -0.39 is 5.60 Å². The van der Waals surface area contributed by atoms with Gasteiger partial charge in [0.1, 0.15) is 0 Å². The number of anilines is 1.